The van der Waals surface area contributed by atoms with Gasteiger partial charge in [-0.3, -0.25) is 0 Å². The topological polar surface area (TPSA) is 47.0 Å². The number of nitrogens with zero attached hydrogens (tertiary/aromatic N) is 2. The summed E-state index contributed by atoms with van der Waals surface area (Å²) in [5.41, 5.74) is 0.195. The second-order valence-corrected chi connectivity index (χ2v) is 3.68. The Labute approximate surface area is 107 Å². The molecule has 0 aliphatic carbocycles. The van der Waals surface area contributed by atoms with Crippen molar-refractivity contribution in [1.29, 1.82) is 0 Å². The van der Waals surface area contributed by atoms with Crippen molar-refractivity contribution in [2.24, 2.45) is 0 Å². The number of anilines is 2. The Balaban J connectivity index is 2.35. The van der Waals surface area contributed by atoms with Crippen LogP contribution in [0.1, 0.15) is 0 Å². The van der Waals surface area contributed by atoms with Crippen molar-refractivity contribution in [3.63, 3.8) is 0 Å². The van der Waals surface area contributed by atoms with Crippen molar-refractivity contribution >= 4 is 23.1 Å². The third-order valence-electron chi connectivity index (χ3n) is 2.07. The first-order valence-electron chi connectivity index (χ1n) is 4.88. The molecular weight excluding hydrogens is 264 g/mol. The number of methoxy groups -OCH3 is 1. The van der Waals surface area contributed by atoms with Crippen LogP contribution in [0.4, 0.5) is 20.3 Å². The summed E-state index contributed by atoms with van der Waals surface area (Å²) in [6, 6.07) is 3.02. The van der Waals surface area contributed by atoms with Gasteiger partial charge >= 0.3 is 0 Å². The van der Waals surface area contributed by atoms with E-state index >= 15 is 0 Å². The highest BCUT2D eigenvalue weighted by Crippen LogP contribution is 2.26. The Morgan fingerprint density at radius 1 is 1.22 bits per heavy atom. The van der Waals surface area contributed by atoms with Crippen molar-refractivity contribution in [2.75, 3.05) is 12.4 Å². The fourth-order valence-corrected chi connectivity index (χ4v) is 1.48. The van der Waals surface area contributed by atoms with Crippen LogP contribution in [0.3, 0.4) is 0 Å². The summed E-state index contributed by atoms with van der Waals surface area (Å²) in [5, 5.41) is 2.70. The highest BCUT2D eigenvalue weighted by atomic mass is 35.5. The van der Waals surface area contributed by atoms with Crippen LogP contribution in [0.15, 0.2) is 24.4 Å². The number of benzene rings is 1. The average molecular weight is 272 g/mol. The van der Waals surface area contributed by atoms with E-state index in [-0.39, 0.29) is 16.8 Å². The highest BCUT2D eigenvalue weighted by Gasteiger charge is 2.08. The second-order valence-electron chi connectivity index (χ2n) is 3.34. The van der Waals surface area contributed by atoms with E-state index in [0.29, 0.717) is 5.75 Å². The molecule has 0 aliphatic heterocycles. The molecule has 0 radical (unpaired) electrons. The molecule has 7 heteroatoms. The minimum Gasteiger partial charge on any atom is -0.491 e. The lowest BCUT2D eigenvalue weighted by Crippen LogP contribution is -2.00. The highest BCUT2D eigenvalue weighted by molar-refractivity contribution is 6.28. The molecule has 0 aliphatic rings. The molecule has 1 aromatic carbocycles. The minimum absolute atomic E-state index is 0.00447. The summed E-state index contributed by atoms with van der Waals surface area (Å²) in [6.07, 6.45) is 1.35. The maximum atomic E-state index is 13.0. The van der Waals surface area contributed by atoms with E-state index in [9.17, 15) is 8.78 Å². The van der Waals surface area contributed by atoms with Gasteiger partial charge in [0.25, 0.3) is 0 Å². The lowest BCUT2D eigenvalue weighted by molar-refractivity contribution is 0.413. The van der Waals surface area contributed by atoms with Crippen LogP contribution in [-0.2, 0) is 0 Å². The van der Waals surface area contributed by atoms with E-state index in [1.54, 1.807) is 0 Å². The van der Waals surface area contributed by atoms with Crippen molar-refractivity contribution in [3.8, 4) is 5.75 Å². The molecule has 1 aromatic heterocycles. The lowest BCUT2D eigenvalue weighted by Gasteiger charge is -2.09. The van der Waals surface area contributed by atoms with Gasteiger partial charge in [0.15, 0.2) is 11.6 Å². The van der Waals surface area contributed by atoms with Crippen molar-refractivity contribution < 1.29 is 13.5 Å². The smallest absolute Gasteiger partial charge is 0.224 e. The molecular formula is C11H8ClF2N3O. The van der Waals surface area contributed by atoms with Gasteiger partial charge in [-0.15, -0.1) is 0 Å². The van der Waals surface area contributed by atoms with Crippen LogP contribution in [-0.4, -0.2) is 17.1 Å². The molecule has 0 amide bonds. The quantitative estimate of drug-likeness (QED) is 0.871. The monoisotopic (exact) mass is 271 g/mol. The van der Waals surface area contributed by atoms with E-state index in [4.69, 9.17) is 16.3 Å². The maximum Gasteiger partial charge on any atom is 0.224 e. The number of hydrogen-bond acceptors (Lipinski definition) is 4. The van der Waals surface area contributed by atoms with E-state index in [1.165, 1.54) is 13.3 Å². The molecule has 1 heterocycles. The zero-order valence-electron chi connectivity index (χ0n) is 9.25. The number of ether oxygens (including phenoxy) is 1. The summed E-state index contributed by atoms with van der Waals surface area (Å²) in [5.74, 6) is -0.861. The van der Waals surface area contributed by atoms with Crippen molar-refractivity contribution in [2.45, 2.75) is 0 Å². The number of rotatable bonds is 3. The van der Waals surface area contributed by atoms with E-state index in [1.807, 2.05) is 0 Å². The molecule has 18 heavy (non-hydrogen) atoms. The molecule has 0 unspecified atom stereocenters. The summed E-state index contributed by atoms with van der Waals surface area (Å²) in [7, 11) is 1.42. The van der Waals surface area contributed by atoms with Crippen LogP contribution in [0.25, 0.3) is 0 Å². The lowest BCUT2D eigenvalue weighted by atomic mass is 10.3. The van der Waals surface area contributed by atoms with Gasteiger partial charge in [0, 0.05) is 11.8 Å². The molecule has 94 valence electrons. The molecule has 0 bridgehead atoms. The molecule has 0 saturated heterocycles. The first-order valence-corrected chi connectivity index (χ1v) is 5.26. The third-order valence-corrected chi connectivity index (χ3v) is 2.25. The molecule has 0 spiro atoms. The maximum absolute atomic E-state index is 13.0. The predicted octanol–water partition coefficient (Wildman–Crippen LogP) is 3.16. The molecule has 4 nitrogen and oxygen atoms in total. The van der Waals surface area contributed by atoms with Crippen LogP contribution in [0.2, 0.25) is 5.28 Å². The second kappa shape index (κ2) is 5.14. The Bertz CT molecular complexity index is 560. The summed E-state index contributed by atoms with van der Waals surface area (Å²) < 4.78 is 31.0. The number of halogens is 3. The summed E-state index contributed by atoms with van der Waals surface area (Å²) in [4.78, 5) is 7.60. The predicted molar refractivity (Wildman–Crippen MR) is 63.2 cm³/mol. The van der Waals surface area contributed by atoms with Crippen LogP contribution < -0.4 is 10.1 Å². The van der Waals surface area contributed by atoms with E-state index in [2.05, 4.69) is 15.3 Å². The van der Waals surface area contributed by atoms with Gasteiger partial charge in [0.2, 0.25) is 5.28 Å². The number of hydrogen-bond donors (Lipinski definition) is 1. The van der Waals surface area contributed by atoms with Gasteiger partial charge in [0.05, 0.1) is 13.3 Å². The van der Waals surface area contributed by atoms with Gasteiger partial charge in [-0.1, -0.05) is 0 Å². The van der Waals surface area contributed by atoms with Gasteiger partial charge in [0.1, 0.15) is 11.6 Å². The van der Waals surface area contributed by atoms with Crippen molar-refractivity contribution in [3.05, 3.63) is 41.3 Å². The van der Waals surface area contributed by atoms with Crippen LogP contribution in [0, 0.1) is 11.6 Å². The minimum atomic E-state index is -0.698. The SMILES string of the molecule is COc1cnc(Cl)nc1Nc1cc(F)cc(F)c1. The zero-order chi connectivity index (χ0) is 13.1. The fraction of sp³-hybridized carbons (Fsp3) is 0.0909. The molecule has 2 aromatic rings. The molecule has 2 rings (SSSR count). The molecule has 0 saturated carbocycles. The van der Waals surface area contributed by atoms with E-state index < -0.39 is 11.6 Å². The van der Waals surface area contributed by atoms with E-state index in [0.717, 1.165) is 18.2 Å². The van der Waals surface area contributed by atoms with Crippen LogP contribution >= 0.6 is 11.6 Å². The Kier molecular flexibility index (Phi) is 3.57. The third kappa shape index (κ3) is 2.84. The Morgan fingerprint density at radius 3 is 2.50 bits per heavy atom. The summed E-state index contributed by atoms with van der Waals surface area (Å²) in [6.45, 7) is 0. The Morgan fingerprint density at radius 2 is 1.89 bits per heavy atom. The van der Waals surface area contributed by atoms with Gasteiger partial charge < -0.3 is 10.1 Å². The zero-order valence-corrected chi connectivity index (χ0v) is 10.0. The van der Waals surface area contributed by atoms with Crippen LogP contribution in [0.5, 0.6) is 5.75 Å². The van der Waals surface area contributed by atoms with Gasteiger partial charge in [-0.05, 0) is 23.7 Å². The number of aromatic nitrogens is 2. The fourth-order valence-electron chi connectivity index (χ4n) is 1.35. The first-order chi connectivity index (χ1) is 8.58. The normalized spacial score (nSPS) is 10.2. The molecule has 0 atom stereocenters. The molecule has 0 fully saturated rings. The largest absolute Gasteiger partial charge is 0.491 e. The number of nitrogens with one attached hydrogen (secondary N) is 1. The van der Waals surface area contributed by atoms with Crippen molar-refractivity contribution in [1.82, 2.24) is 9.97 Å². The first kappa shape index (κ1) is 12.5. The molecule has 1 N–H and O–H groups in total. The summed E-state index contributed by atoms with van der Waals surface area (Å²) >= 11 is 5.64. The van der Waals surface area contributed by atoms with Gasteiger partial charge in [-0.2, -0.15) is 4.98 Å². The standard InChI is InChI=1S/C11H8ClF2N3O/c1-18-9-5-15-11(12)17-10(9)16-8-3-6(13)2-7(14)4-8/h2-5H,1H3,(H,15,16,17). The van der Waals surface area contributed by atoms with Gasteiger partial charge in [-0.25, -0.2) is 13.8 Å². The Hall–Kier alpha value is -1.95. The average Bonchev–Trinajstić information content (AvgIpc) is 2.27.